The first-order chi connectivity index (χ1) is 11.6. The highest BCUT2D eigenvalue weighted by Gasteiger charge is 2.25. The van der Waals surface area contributed by atoms with Crippen LogP contribution in [0, 0.1) is 0 Å². The Hall–Kier alpha value is -2.63. The lowest BCUT2D eigenvalue weighted by molar-refractivity contribution is 0.0635. The molecule has 0 bridgehead atoms. The number of fused-ring (bicyclic) bond motifs is 1. The van der Waals surface area contributed by atoms with Gasteiger partial charge in [0.05, 0.1) is 11.3 Å². The highest BCUT2D eigenvalue weighted by molar-refractivity contribution is 5.96. The number of carbonyl (C=O) groups is 1. The molecule has 124 valence electrons. The van der Waals surface area contributed by atoms with Crippen molar-refractivity contribution in [3.8, 4) is 0 Å². The van der Waals surface area contributed by atoms with Crippen molar-refractivity contribution in [2.45, 2.75) is 38.6 Å². The van der Waals surface area contributed by atoms with Gasteiger partial charge in [-0.1, -0.05) is 18.2 Å². The Morgan fingerprint density at radius 2 is 2.25 bits per heavy atom. The van der Waals surface area contributed by atoms with Gasteiger partial charge in [0.15, 0.2) is 11.5 Å². The summed E-state index contributed by atoms with van der Waals surface area (Å²) < 4.78 is 1.63. The van der Waals surface area contributed by atoms with E-state index < -0.39 is 0 Å². The smallest absolute Gasteiger partial charge is 0.255 e. The molecule has 6 nitrogen and oxygen atoms in total. The highest BCUT2D eigenvalue weighted by Crippen LogP contribution is 2.24. The van der Waals surface area contributed by atoms with Crippen LogP contribution in [0.5, 0.6) is 0 Å². The zero-order valence-electron chi connectivity index (χ0n) is 13.8. The fraction of sp³-hybridized carbons (Fsp3) is 0.389. The number of hydrogen-bond donors (Lipinski definition) is 1. The first kappa shape index (κ1) is 14.9. The van der Waals surface area contributed by atoms with Crippen molar-refractivity contribution < 1.29 is 4.79 Å². The summed E-state index contributed by atoms with van der Waals surface area (Å²) in [4.78, 5) is 19.3. The molecule has 1 saturated heterocycles. The minimum Gasteiger partial charge on any atom is -0.396 e. The molecule has 1 atom stereocenters. The molecule has 1 aliphatic carbocycles. The van der Waals surface area contributed by atoms with Crippen LogP contribution >= 0.6 is 0 Å². The average molecular weight is 323 g/mol. The molecule has 1 fully saturated rings. The van der Waals surface area contributed by atoms with Crippen LogP contribution in [0.4, 0.5) is 5.69 Å². The fourth-order valence-corrected chi connectivity index (χ4v) is 3.44. The first-order valence-corrected chi connectivity index (χ1v) is 8.46. The van der Waals surface area contributed by atoms with Crippen LogP contribution < -0.4 is 5.73 Å². The Morgan fingerprint density at radius 1 is 1.38 bits per heavy atom. The Bertz CT molecular complexity index is 864. The molecular weight excluding hydrogens is 302 g/mol. The number of piperidine rings is 1. The molecule has 6 heteroatoms. The molecule has 0 saturated carbocycles. The predicted octanol–water partition coefficient (Wildman–Crippen LogP) is 2.67. The zero-order chi connectivity index (χ0) is 16.7. The number of aromatic nitrogens is 3. The molecule has 1 amide bonds. The lowest BCUT2D eigenvalue weighted by Crippen LogP contribution is -2.42. The van der Waals surface area contributed by atoms with Crippen molar-refractivity contribution in [3.63, 3.8) is 0 Å². The second-order valence-electron chi connectivity index (χ2n) is 6.56. The molecule has 1 aliphatic heterocycles. The summed E-state index contributed by atoms with van der Waals surface area (Å²) in [7, 11) is 0. The molecule has 0 radical (unpaired) electrons. The van der Waals surface area contributed by atoms with E-state index in [1.54, 1.807) is 16.8 Å². The Kier molecular flexibility index (Phi) is 3.59. The van der Waals surface area contributed by atoms with Crippen molar-refractivity contribution in [2.75, 3.05) is 12.3 Å². The Balaban J connectivity index is 1.70. The number of likely N-dealkylation sites (tertiary alicyclic amines) is 1. The number of nitrogens with two attached hydrogens (primary N) is 1. The Morgan fingerprint density at radius 3 is 3.00 bits per heavy atom. The molecule has 2 N–H and O–H groups in total. The minimum atomic E-state index is 0.0228. The van der Waals surface area contributed by atoms with Crippen LogP contribution in [0.2, 0.25) is 0 Å². The van der Waals surface area contributed by atoms with Crippen LogP contribution in [0.15, 0.2) is 30.5 Å². The van der Waals surface area contributed by atoms with Gasteiger partial charge in [0.2, 0.25) is 0 Å². The van der Waals surface area contributed by atoms with Crippen molar-refractivity contribution in [1.82, 2.24) is 19.5 Å². The quantitative estimate of drug-likeness (QED) is 0.922. The van der Waals surface area contributed by atoms with Crippen molar-refractivity contribution in [3.05, 3.63) is 41.9 Å². The largest absolute Gasteiger partial charge is 0.396 e. The summed E-state index contributed by atoms with van der Waals surface area (Å²) in [6.07, 6.45) is 11.9. The van der Waals surface area contributed by atoms with E-state index in [0.717, 1.165) is 31.4 Å². The van der Waals surface area contributed by atoms with Gasteiger partial charge >= 0.3 is 0 Å². The van der Waals surface area contributed by atoms with Gasteiger partial charge in [-0.2, -0.15) is 0 Å². The highest BCUT2D eigenvalue weighted by atomic mass is 16.2. The van der Waals surface area contributed by atoms with Crippen LogP contribution in [-0.2, 0) is 0 Å². The lowest BCUT2D eigenvalue weighted by atomic mass is 10.0. The molecule has 0 spiro atoms. The molecule has 3 heterocycles. The van der Waals surface area contributed by atoms with Gasteiger partial charge < -0.3 is 10.6 Å². The van der Waals surface area contributed by atoms with Gasteiger partial charge in [0.25, 0.3) is 5.91 Å². The van der Waals surface area contributed by atoms with Crippen molar-refractivity contribution >= 4 is 22.8 Å². The molecule has 2 aromatic rings. The summed E-state index contributed by atoms with van der Waals surface area (Å²) in [6, 6.07) is 1.99. The summed E-state index contributed by atoms with van der Waals surface area (Å²) in [5.41, 5.74) is 8.86. The number of hydrogen-bond acceptors (Lipinski definition) is 4. The molecule has 2 aliphatic rings. The van der Waals surface area contributed by atoms with E-state index >= 15 is 0 Å². The first-order valence-electron chi connectivity index (χ1n) is 8.46. The second kappa shape index (κ2) is 5.78. The molecular formula is C18H21N5O. The number of nitrogen functional groups attached to an aromatic ring is 1. The van der Waals surface area contributed by atoms with E-state index in [1.165, 1.54) is 6.42 Å². The van der Waals surface area contributed by atoms with Crippen LogP contribution in [-0.4, -0.2) is 38.0 Å². The van der Waals surface area contributed by atoms with E-state index in [4.69, 9.17) is 5.73 Å². The van der Waals surface area contributed by atoms with Crippen LogP contribution in [0.25, 0.3) is 11.2 Å². The zero-order valence-corrected chi connectivity index (χ0v) is 13.8. The summed E-state index contributed by atoms with van der Waals surface area (Å²) in [6.45, 7) is 2.91. The number of nitrogens with zero attached hydrogens (tertiary/aromatic N) is 4. The van der Waals surface area contributed by atoms with Gasteiger partial charge in [0, 0.05) is 24.4 Å². The number of rotatable bonds is 2. The van der Waals surface area contributed by atoms with Gasteiger partial charge in [0.1, 0.15) is 0 Å². The number of carbonyl (C=O) groups excluding carboxylic acids is 1. The maximum absolute atomic E-state index is 12.9. The van der Waals surface area contributed by atoms with E-state index in [1.807, 2.05) is 17.1 Å². The van der Waals surface area contributed by atoms with Crippen molar-refractivity contribution in [2.24, 2.45) is 0 Å². The molecule has 4 rings (SSSR count). The Labute approximate surface area is 140 Å². The molecule has 24 heavy (non-hydrogen) atoms. The monoisotopic (exact) mass is 323 g/mol. The van der Waals surface area contributed by atoms with E-state index in [2.05, 4.69) is 23.1 Å². The average Bonchev–Trinajstić information content (AvgIpc) is 3.23. The molecule has 1 unspecified atom stereocenters. The topological polar surface area (TPSA) is 76.5 Å². The molecule has 0 aromatic carbocycles. The van der Waals surface area contributed by atoms with Gasteiger partial charge in [-0.15, -0.1) is 5.10 Å². The molecule has 2 aromatic heterocycles. The van der Waals surface area contributed by atoms with Crippen molar-refractivity contribution in [1.29, 1.82) is 0 Å². The standard InChI is InChI=1S/C18H21N5O/c1-12-6-4-5-9-22(12)18(24)14-10-15(19)17-20-16(21-23(17)11-14)13-7-2-3-8-13/h2-3,7,10-12H,4-6,8-9,19H2,1H3. The third kappa shape index (κ3) is 2.48. The summed E-state index contributed by atoms with van der Waals surface area (Å²) in [5.74, 6) is 0.692. The third-order valence-electron chi connectivity index (χ3n) is 4.83. The summed E-state index contributed by atoms with van der Waals surface area (Å²) in [5, 5.41) is 4.51. The number of pyridine rings is 1. The SMILES string of the molecule is CC1CCCCN1C(=O)c1cc(N)c2nc(C3=CC=CC3)nn2c1. The maximum atomic E-state index is 12.9. The van der Waals surface area contributed by atoms with Gasteiger partial charge in [-0.05, 0) is 38.7 Å². The number of anilines is 1. The maximum Gasteiger partial charge on any atom is 0.255 e. The van der Waals surface area contributed by atoms with Crippen LogP contribution in [0.3, 0.4) is 0 Å². The van der Waals surface area contributed by atoms with E-state index in [9.17, 15) is 4.79 Å². The van der Waals surface area contributed by atoms with Gasteiger partial charge in [-0.3, -0.25) is 4.79 Å². The summed E-state index contributed by atoms with van der Waals surface area (Å²) >= 11 is 0. The van der Waals surface area contributed by atoms with Gasteiger partial charge in [-0.25, -0.2) is 9.50 Å². The van der Waals surface area contributed by atoms with E-state index in [0.29, 0.717) is 22.7 Å². The van der Waals surface area contributed by atoms with Crippen LogP contribution in [0.1, 0.15) is 48.8 Å². The van der Waals surface area contributed by atoms with E-state index in [-0.39, 0.29) is 11.9 Å². The minimum absolute atomic E-state index is 0.0228. The lowest BCUT2D eigenvalue weighted by Gasteiger charge is -2.33. The number of allylic oxidation sites excluding steroid dienone is 4. The third-order valence-corrected chi connectivity index (χ3v) is 4.83. The number of amides is 1. The fourth-order valence-electron chi connectivity index (χ4n) is 3.44. The normalized spacial score (nSPS) is 20.6. The second-order valence-corrected chi connectivity index (χ2v) is 6.56. The predicted molar refractivity (Wildman–Crippen MR) is 93.5 cm³/mol.